The number of likely N-dealkylation sites (N-methyl/N-ethyl adjacent to an activating group) is 1. The molecule has 1 aliphatic rings. The molecule has 1 aliphatic heterocycles. The Bertz CT molecular complexity index is 860. The van der Waals surface area contributed by atoms with Crippen molar-refractivity contribution >= 4 is 40.2 Å². The van der Waals surface area contributed by atoms with Crippen LogP contribution in [0.5, 0.6) is 0 Å². The summed E-state index contributed by atoms with van der Waals surface area (Å²) < 4.78 is 14.1. The van der Waals surface area contributed by atoms with E-state index in [0.29, 0.717) is 22.0 Å². The number of amides is 1. The molecule has 0 bridgehead atoms. The molecule has 1 fully saturated rings. The number of aryl methyl sites for hydroxylation is 1. The van der Waals surface area contributed by atoms with Crippen LogP contribution in [0.3, 0.4) is 0 Å². The minimum atomic E-state index is -0.885. The average molecular weight is 435 g/mol. The molecule has 0 spiro atoms. The molecule has 0 aliphatic carbocycles. The maximum atomic E-state index is 12.7. The van der Waals surface area contributed by atoms with Crippen molar-refractivity contribution in [3.05, 3.63) is 52.8 Å². The van der Waals surface area contributed by atoms with Gasteiger partial charge in [0.25, 0.3) is 5.91 Å². The van der Waals surface area contributed by atoms with Gasteiger partial charge in [0.15, 0.2) is 0 Å². The van der Waals surface area contributed by atoms with Gasteiger partial charge in [-0.2, -0.15) is 0 Å². The topological polar surface area (TPSA) is 71.5 Å². The Morgan fingerprint density at radius 1 is 1.34 bits per heavy atom. The third-order valence-electron chi connectivity index (χ3n) is 5.12. The van der Waals surface area contributed by atoms with Crippen molar-refractivity contribution in [1.29, 1.82) is 0 Å². The first-order chi connectivity index (χ1) is 13.9. The number of rotatable bonds is 8. The van der Waals surface area contributed by atoms with E-state index >= 15 is 0 Å². The minimum Gasteiger partial charge on any atom is -0.598 e. The molecule has 29 heavy (non-hydrogen) atoms. The smallest absolute Gasteiger partial charge is 0.255 e. The van der Waals surface area contributed by atoms with Crippen molar-refractivity contribution in [3.63, 3.8) is 0 Å². The van der Waals surface area contributed by atoms with Gasteiger partial charge in [-0.05, 0) is 42.7 Å². The Labute approximate surface area is 180 Å². The molecular weight excluding hydrogens is 408 g/mol. The number of aromatic nitrogens is 1. The normalized spacial score (nSPS) is 15.6. The molecule has 3 rings (SSSR count). The summed E-state index contributed by atoms with van der Waals surface area (Å²) >= 11 is 5.16. The van der Waals surface area contributed by atoms with Crippen LogP contribution in [0.1, 0.15) is 36.2 Å². The average Bonchev–Trinajstić information content (AvgIpc) is 2.66. The zero-order chi connectivity index (χ0) is 21.0. The Morgan fingerprint density at radius 3 is 2.79 bits per heavy atom. The number of halogens is 1. The number of carbonyl (C=O) groups is 1. The molecule has 1 aromatic heterocycles. The molecule has 1 atom stereocenters. The third-order valence-corrected chi connectivity index (χ3v) is 6.99. The van der Waals surface area contributed by atoms with Crippen molar-refractivity contribution in [1.82, 2.24) is 9.29 Å². The lowest BCUT2D eigenvalue weighted by molar-refractivity contribution is 0.102. The van der Waals surface area contributed by atoms with Gasteiger partial charge in [-0.1, -0.05) is 25.4 Å². The SMILES string of the molecule is CCC[S+]([O-])N1CC(N(C)c2cncc(NC(=O)c3ccc(Cl)cc3CC)c2)C1. The maximum Gasteiger partial charge on any atom is 0.255 e. The molecule has 1 aromatic carbocycles. The quantitative estimate of drug-likeness (QED) is 0.641. The third kappa shape index (κ3) is 5.22. The van der Waals surface area contributed by atoms with Gasteiger partial charge >= 0.3 is 0 Å². The van der Waals surface area contributed by atoms with Crippen molar-refractivity contribution in [2.75, 3.05) is 36.1 Å². The van der Waals surface area contributed by atoms with Gasteiger partial charge in [0.05, 0.1) is 42.9 Å². The monoisotopic (exact) mass is 434 g/mol. The summed E-state index contributed by atoms with van der Waals surface area (Å²) in [5.41, 5.74) is 3.08. The highest BCUT2D eigenvalue weighted by Gasteiger charge is 2.37. The molecule has 6 nitrogen and oxygen atoms in total. The van der Waals surface area contributed by atoms with Crippen molar-refractivity contribution in [2.24, 2.45) is 0 Å². The van der Waals surface area contributed by atoms with Gasteiger partial charge in [-0.3, -0.25) is 9.78 Å². The molecule has 8 heteroatoms. The number of carbonyl (C=O) groups excluding carboxylic acids is 1. The standard InChI is InChI=1S/C21H27ClN4O2S/c1-4-8-29(28)26-13-19(14-26)25(3)18-10-17(11-23-12-18)24-21(27)20-7-6-16(22)9-15(20)5-2/h6-7,9-12,19H,4-5,8,13-14H2,1-3H3,(H,24,27). The second-order valence-electron chi connectivity index (χ2n) is 7.18. The largest absolute Gasteiger partial charge is 0.598 e. The summed E-state index contributed by atoms with van der Waals surface area (Å²) in [4.78, 5) is 19.1. The van der Waals surface area contributed by atoms with Gasteiger partial charge in [-0.25, -0.2) is 0 Å². The van der Waals surface area contributed by atoms with Gasteiger partial charge < -0.3 is 14.8 Å². The van der Waals surface area contributed by atoms with Crippen LogP contribution < -0.4 is 10.2 Å². The molecule has 0 saturated carbocycles. The molecule has 1 saturated heterocycles. The Kier molecular flexibility index (Phi) is 7.40. The number of nitrogens with zero attached hydrogens (tertiary/aromatic N) is 3. The number of hydrogen-bond donors (Lipinski definition) is 1. The van der Waals surface area contributed by atoms with Gasteiger partial charge in [-0.15, -0.1) is 4.31 Å². The van der Waals surface area contributed by atoms with E-state index in [4.69, 9.17) is 11.6 Å². The molecule has 1 N–H and O–H groups in total. The summed E-state index contributed by atoms with van der Waals surface area (Å²) in [6.45, 7) is 5.57. The van der Waals surface area contributed by atoms with Gasteiger partial charge in [0.2, 0.25) is 0 Å². The number of hydrogen-bond acceptors (Lipinski definition) is 5. The van der Waals surface area contributed by atoms with Gasteiger partial charge in [0, 0.05) is 29.0 Å². The fourth-order valence-corrected chi connectivity index (χ4v) is 4.79. The second kappa shape index (κ2) is 9.80. The predicted molar refractivity (Wildman–Crippen MR) is 120 cm³/mol. The Balaban J connectivity index is 1.65. The lowest BCUT2D eigenvalue weighted by Gasteiger charge is -2.43. The van der Waals surface area contributed by atoms with Crippen LogP contribution in [0.15, 0.2) is 36.7 Å². The first-order valence-electron chi connectivity index (χ1n) is 9.84. The lowest BCUT2D eigenvalue weighted by Crippen LogP contribution is -2.60. The zero-order valence-electron chi connectivity index (χ0n) is 17.0. The van der Waals surface area contributed by atoms with E-state index in [2.05, 4.69) is 15.2 Å². The summed E-state index contributed by atoms with van der Waals surface area (Å²) in [6.07, 6.45) is 5.06. The van der Waals surface area contributed by atoms with E-state index < -0.39 is 11.4 Å². The highest BCUT2D eigenvalue weighted by molar-refractivity contribution is 7.89. The molecule has 156 valence electrons. The van der Waals surface area contributed by atoms with E-state index in [1.54, 1.807) is 24.5 Å². The summed E-state index contributed by atoms with van der Waals surface area (Å²) in [5.74, 6) is 0.536. The lowest BCUT2D eigenvalue weighted by atomic mass is 10.0. The fourth-order valence-electron chi connectivity index (χ4n) is 3.31. The van der Waals surface area contributed by atoms with E-state index in [-0.39, 0.29) is 11.9 Å². The van der Waals surface area contributed by atoms with Crippen LogP contribution in [-0.2, 0) is 17.8 Å². The van der Waals surface area contributed by atoms with Crippen LogP contribution in [0.25, 0.3) is 0 Å². The van der Waals surface area contributed by atoms with Crippen LogP contribution in [-0.4, -0.2) is 51.7 Å². The zero-order valence-corrected chi connectivity index (χ0v) is 18.6. The molecule has 2 aromatic rings. The van der Waals surface area contributed by atoms with Gasteiger partial charge in [0.1, 0.15) is 5.75 Å². The van der Waals surface area contributed by atoms with Crippen molar-refractivity contribution in [3.8, 4) is 0 Å². The second-order valence-corrected chi connectivity index (χ2v) is 9.18. The summed E-state index contributed by atoms with van der Waals surface area (Å²) in [7, 11) is 2.00. The van der Waals surface area contributed by atoms with E-state index in [1.165, 1.54) is 0 Å². The highest BCUT2D eigenvalue weighted by Crippen LogP contribution is 2.26. The van der Waals surface area contributed by atoms with Crippen molar-refractivity contribution in [2.45, 2.75) is 32.7 Å². The number of nitrogens with one attached hydrogen (secondary N) is 1. The van der Waals surface area contributed by atoms with Crippen LogP contribution in [0, 0.1) is 0 Å². The molecular formula is C21H27ClN4O2S. The number of benzene rings is 1. The maximum absolute atomic E-state index is 12.7. The fraction of sp³-hybridized carbons (Fsp3) is 0.429. The number of pyridine rings is 1. The summed E-state index contributed by atoms with van der Waals surface area (Å²) in [5, 5.41) is 3.56. The first-order valence-corrected chi connectivity index (χ1v) is 11.5. The molecule has 2 heterocycles. The Hall–Kier alpha value is -1.80. The van der Waals surface area contributed by atoms with Crippen LogP contribution in [0.2, 0.25) is 5.02 Å². The van der Waals surface area contributed by atoms with Crippen LogP contribution in [0.4, 0.5) is 11.4 Å². The highest BCUT2D eigenvalue weighted by atomic mass is 35.5. The Morgan fingerprint density at radius 2 is 2.10 bits per heavy atom. The molecule has 0 radical (unpaired) electrons. The number of anilines is 2. The van der Waals surface area contributed by atoms with E-state index in [9.17, 15) is 9.35 Å². The minimum absolute atomic E-state index is 0.176. The first kappa shape index (κ1) is 21.9. The van der Waals surface area contributed by atoms with E-state index in [0.717, 1.165) is 37.2 Å². The summed E-state index contributed by atoms with van der Waals surface area (Å²) in [6, 6.07) is 7.50. The predicted octanol–water partition coefficient (Wildman–Crippen LogP) is 3.74. The van der Waals surface area contributed by atoms with Crippen LogP contribution >= 0.6 is 11.6 Å². The molecule has 1 amide bonds. The van der Waals surface area contributed by atoms with Crippen molar-refractivity contribution < 1.29 is 9.35 Å². The van der Waals surface area contributed by atoms with E-state index in [1.807, 2.05) is 37.3 Å². The molecule has 1 unspecified atom stereocenters.